The second-order valence-electron chi connectivity index (χ2n) is 5.60. The van der Waals surface area contributed by atoms with Crippen molar-refractivity contribution >= 4 is 5.65 Å². The van der Waals surface area contributed by atoms with E-state index in [-0.39, 0.29) is 0 Å². The van der Waals surface area contributed by atoms with Crippen molar-refractivity contribution in [3.63, 3.8) is 0 Å². The molecule has 1 aromatic carbocycles. The molecule has 0 spiro atoms. The van der Waals surface area contributed by atoms with Crippen LogP contribution < -0.4 is 0 Å². The van der Waals surface area contributed by atoms with Crippen LogP contribution in [-0.2, 0) is 6.54 Å². The molecular weight excluding hydrogens is 246 g/mol. The Balaban J connectivity index is 1.84. The topological polar surface area (TPSA) is 20.5 Å². The third-order valence-corrected chi connectivity index (χ3v) is 4.19. The second-order valence-corrected chi connectivity index (χ2v) is 5.60. The molecule has 0 radical (unpaired) electrons. The van der Waals surface area contributed by atoms with Gasteiger partial charge >= 0.3 is 0 Å². The first kappa shape index (κ1) is 11.7. The van der Waals surface area contributed by atoms with E-state index >= 15 is 0 Å². The van der Waals surface area contributed by atoms with Crippen LogP contribution in [0, 0.1) is 0 Å². The molecule has 0 fully saturated rings. The molecule has 1 aliphatic rings. The van der Waals surface area contributed by atoms with Crippen LogP contribution in [0.25, 0.3) is 5.65 Å². The van der Waals surface area contributed by atoms with Gasteiger partial charge in [-0.3, -0.25) is 0 Å². The molecule has 0 saturated heterocycles. The first-order chi connectivity index (χ1) is 9.81. The van der Waals surface area contributed by atoms with Crippen molar-refractivity contribution in [2.45, 2.75) is 12.5 Å². The smallest absolute Gasteiger partial charge is 0.136 e. The van der Waals surface area contributed by atoms with Gasteiger partial charge in [0.1, 0.15) is 5.65 Å². The number of aromatic nitrogens is 2. The number of fused-ring (bicyclic) bond motifs is 2. The maximum absolute atomic E-state index is 4.40. The van der Waals surface area contributed by atoms with E-state index in [1.54, 1.807) is 0 Å². The highest BCUT2D eigenvalue weighted by Crippen LogP contribution is 2.33. The minimum absolute atomic E-state index is 0.437. The number of hydrogen-bond donors (Lipinski definition) is 0. The van der Waals surface area contributed by atoms with Crippen LogP contribution in [-0.4, -0.2) is 27.9 Å². The van der Waals surface area contributed by atoms with E-state index in [0.29, 0.717) is 5.92 Å². The largest absolute Gasteiger partial charge is 0.307 e. The van der Waals surface area contributed by atoms with Crippen LogP contribution in [0.15, 0.2) is 55.0 Å². The van der Waals surface area contributed by atoms with Gasteiger partial charge in [-0.05, 0) is 35.9 Å². The molecule has 1 atom stereocenters. The van der Waals surface area contributed by atoms with E-state index in [4.69, 9.17) is 0 Å². The van der Waals surface area contributed by atoms with Gasteiger partial charge in [-0.15, -0.1) is 0 Å². The van der Waals surface area contributed by atoms with Gasteiger partial charge in [-0.25, -0.2) is 4.98 Å². The third kappa shape index (κ3) is 1.82. The lowest BCUT2D eigenvalue weighted by atomic mass is 9.85. The second kappa shape index (κ2) is 4.46. The molecule has 1 aliphatic heterocycles. The van der Waals surface area contributed by atoms with Gasteiger partial charge in [0.15, 0.2) is 0 Å². The number of likely N-dealkylation sites (N-methyl/N-ethyl adjacent to an activating group) is 1. The molecule has 3 heterocycles. The van der Waals surface area contributed by atoms with Crippen LogP contribution in [0.4, 0.5) is 0 Å². The zero-order chi connectivity index (χ0) is 13.5. The van der Waals surface area contributed by atoms with E-state index in [2.05, 4.69) is 63.9 Å². The van der Waals surface area contributed by atoms with Gasteiger partial charge in [0.05, 0.1) is 0 Å². The van der Waals surface area contributed by atoms with E-state index < -0.39 is 0 Å². The lowest BCUT2D eigenvalue weighted by Gasteiger charge is -2.32. The Labute approximate surface area is 118 Å². The van der Waals surface area contributed by atoms with Gasteiger partial charge < -0.3 is 9.30 Å². The fourth-order valence-corrected chi connectivity index (χ4v) is 3.21. The summed E-state index contributed by atoms with van der Waals surface area (Å²) in [7, 11) is 2.19. The standard InChI is InChI=1S/C17H17N3/c1-19-11-14-4-2-3-5-15(14)16(12-19)13-6-8-20-9-7-18-17(20)10-13/h2-10,16H,11-12H2,1H3. The zero-order valence-electron chi connectivity index (χ0n) is 11.5. The molecule has 0 aliphatic carbocycles. The number of imidazole rings is 1. The average molecular weight is 263 g/mol. The number of hydrogen-bond acceptors (Lipinski definition) is 2. The molecule has 3 aromatic rings. The lowest BCUT2D eigenvalue weighted by Crippen LogP contribution is -2.30. The first-order valence-corrected chi connectivity index (χ1v) is 7.00. The summed E-state index contributed by atoms with van der Waals surface area (Å²) in [6.45, 7) is 2.10. The van der Waals surface area contributed by atoms with Gasteiger partial charge in [0.25, 0.3) is 0 Å². The molecule has 100 valence electrons. The predicted octanol–water partition coefficient (Wildman–Crippen LogP) is 2.91. The monoisotopic (exact) mass is 263 g/mol. The van der Waals surface area contributed by atoms with Gasteiger partial charge in [-0.2, -0.15) is 0 Å². The molecule has 0 amide bonds. The Morgan fingerprint density at radius 2 is 2.05 bits per heavy atom. The summed E-state index contributed by atoms with van der Waals surface area (Å²) in [4.78, 5) is 6.79. The summed E-state index contributed by atoms with van der Waals surface area (Å²) in [5.41, 5.74) is 5.27. The molecule has 3 heteroatoms. The van der Waals surface area contributed by atoms with Crippen LogP contribution >= 0.6 is 0 Å². The molecule has 0 N–H and O–H groups in total. The van der Waals surface area contributed by atoms with Crippen LogP contribution in [0.2, 0.25) is 0 Å². The van der Waals surface area contributed by atoms with Crippen molar-refractivity contribution in [1.82, 2.24) is 14.3 Å². The Morgan fingerprint density at radius 3 is 3.00 bits per heavy atom. The zero-order valence-corrected chi connectivity index (χ0v) is 11.5. The van der Waals surface area contributed by atoms with Crippen LogP contribution in [0.3, 0.4) is 0 Å². The van der Waals surface area contributed by atoms with Crippen molar-refractivity contribution in [3.8, 4) is 0 Å². The molecule has 0 saturated carbocycles. The molecule has 3 nitrogen and oxygen atoms in total. The summed E-state index contributed by atoms with van der Waals surface area (Å²) in [6, 6.07) is 13.2. The van der Waals surface area contributed by atoms with E-state index in [9.17, 15) is 0 Å². The van der Waals surface area contributed by atoms with E-state index in [1.807, 2.05) is 12.4 Å². The van der Waals surface area contributed by atoms with Crippen molar-refractivity contribution in [3.05, 3.63) is 71.7 Å². The van der Waals surface area contributed by atoms with Crippen molar-refractivity contribution < 1.29 is 0 Å². The maximum Gasteiger partial charge on any atom is 0.136 e. The highest BCUT2D eigenvalue weighted by Gasteiger charge is 2.24. The summed E-state index contributed by atoms with van der Waals surface area (Å²) in [6.07, 6.45) is 5.94. The Morgan fingerprint density at radius 1 is 1.15 bits per heavy atom. The Hall–Kier alpha value is -2.13. The summed E-state index contributed by atoms with van der Waals surface area (Å²) < 4.78 is 2.06. The maximum atomic E-state index is 4.40. The molecule has 1 unspecified atom stereocenters. The first-order valence-electron chi connectivity index (χ1n) is 7.00. The average Bonchev–Trinajstić information content (AvgIpc) is 2.93. The SMILES string of the molecule is CN1Cc2ccccc2C(c2ccn3ccnc3c2)C1. The Kier molecular flexibility index (Phi) is 2.60. The fraction of sp³-hybridized carbons (Fsp3) is 0.235. The molecule has 0 bridgehead atoms. The van der Waals surface area contributed by atoms with Crippen LogP contribution in [0.5, 0.6) is 0 Å². The van der Waals surface area contributed by atoms with E-state index in [1.165, 1.54) is 16.7 Å². The van der Waals surface area contributed by atoms with E-state index in [0.717, 1.165) is 18.7 Å². The number of benzene rings is 1. The number of pyridine rings is 1. The van der Waals surface area contributed by atoms with Gasteiger partial charge in [0.2, 0.25) is 0 Å². The van der Waals surface area contributed by atoms with Gasteiger partial charge in [0, 0.05) is 37.6 Å². The van der Waals surface area contributed by atoms with Crippen LogP contribution in [0.1, 0.15) is 22.6 Å². The lowest BCUT2D eigenvalue weighted by molar-refractivity contribution is 0.295. The number of nitrogens with zero attached hydrogens (tertiary/aromatic N) is 3. The van der Waals surface area contributed by atoms with Gasteiger partial charge in [-0.1, -0.05) is 24.3 Å². The molecular formula is C17H17N3. The van der Waals surface area contributed by atoms with Crippen molar-refractivity contribution in [2.24, 2.45) is 0 Å². The van der Waals surface area contributed by atoms with Crippen molar-refractivity contribution in [2.75, 3.05) is 13.6 Å². The number of rotatable bonds is 1. The predicted molar refractivity (Wildman–Crippen MR) is 79.8 cm³/mol. The third-order valence-electron chi connectivity index (χ3n) is 4.19. The molecule has 2 aromatic heterocycles. The molecule has 4 rings (SSSR count). The summed E-state index contributed by atoms with van der Waals surface area (Å²) in [5.74, 6) is 0.437. The van der Waals surface area contributed by atoms with Crippen molar-refractivity contribution in [1.29, 1.82) is 0 Å². The molecule has 20 heavy (non-hydrogen) atoms. The minimum atomic E-state index is 0.437. The quantitative estimate of drug-likeness (QED) is 0.673. The highest BCUT2D eigenvalue weighted by atomic mass is 15.1. The summed E-state index contributed by atoms with van der Waals surface area (Å²) in [5, 5.41) is 0. The normalized spacial score (nSPS) is 19.1. The Bertz CT molecular complexity index is 760. The fourth-order valence-electron chi connectivity index (χ4n) is 3.21. The minimum Gasteiger partial charge on any atom is -0.307 e. The summed E-state index contributed by atoms with van der Waals surface area (Å²) >= 11 is 0. The highest BCUT2D eigenvalue weighted by molar-refractivity contribution is 5.47.